The number of aromatic nitrogens is 1. The molecule has 7 heteroatoms. The number of nitrogens with one attached hydrogen (secondary N) is 1. The Morgan fingerprint density at radius 3 is 2.79 bits per heavy atom. The molecule has 2 aliphatic heterocycles. The summed E-state index contributed by atoms with van der Waals surface area (Å²) >= 11 is 0. The summed E-state index contributed by atoms with van der Waals surface area (Å²) in [4.78, 5) is 14.8. The van der Waals surface area contributed by atoms with Crippen LogP contribution in [0.25, 0.3) is 0 Å². The summed E-state index contributed by atoms with van der Waals surface area (Å²) in [5.41, 5.74) is 1.96. The zero-order valence-electron chi connectivity index (χ0n) is 15.0. The maximum atomic E-state index is 14.6. The number of amides is 2. The zero-order chi connectivity index (χ0) is 19.1. The molecule has 6 nitrogen and oxygen atoms in total. The van der Waals surface area contributed by atoms with Crippen LogP contribution in [-0.2, 0) is 6.54 Å². The first-order valence-corrected chi connectivity index (χ1v) is 9.07. The topological polar surface area (TPSA) is 55.7 Å². The lowest BCUT2D eigenvalue weighted by atomic mass is 9.99. The number of fused-ring (bicyclic) bond motifs is 2. The van der Waals surface area contributed by atoms with Crippen molar-refractivity contribution in [1.82, 2.24) is 9.47 Å². The second-order valence-electron chi connectivity index (χ2n) is 6.74. The number of urea groups is 1. The highest BCUT2D eigenvalue weighted by atomic mass is 19.1. The van der Waals surface area contributed by atoms with Gasteiger partial charge in [-0.15, -0.1) is 0 Å². The molecule has 0 saturated carbocycles. The van der Waals surface area contributed by atoms with Gasteiger partial charge >= 0.3 is 6.03 Å². The minimum atomic E-state index is -0.501. The van der Waals surface area contributed by atoms with Crippen molar-refractivity contribution >= 4 is 11.7 Å². The minimum absolute atomic E-state index is 0.172. The number of ether oxygens (including phenoxy) is 2. The number of benzene rings is 2. The maximum Gasteiger partial charge on any atom is 0.322 e. The number of carbonyl (C=O) groups excluding carboxylic acids is 1. The van der Waals surface area contributed by atoms with Gasteiger partial charge in [-0.25, -0.2) is 9.18 Å². The molecule has 2 aromatic carbocycles. The number of rotatable bonds is 2. The third kappa shape index (κ3) is 2.76. The highest BCUT2D eigenvalue weighted by molar-refractivity contribution is 5.90. The third-order valence-corrected chi connectivity index (χ3v) is 5.12. The van der Waals surface area contributed by atoms with E-state index in [0.717, 1.165) is 5.69 Å². The molecule has 1 atom stereocenters. The van der Waals surface area contributed by atoms with Crippen LogP contribution in [0.2, 0.25) is 0 Å². The average molecular weight is 379 g/mol. The predicted octanol–water partition coefficient (Wildman–Crippen LogP) is 3.99. The van der Waals surface area contributed by atoms with Gasteiger partial charge in [-0.2, -0.15) is 0 Å². The summed E-state index contributed by atoms with van der Waals surface area (Å²) in [5.74, 6) is 0.914. The summed E-state index contributed by atoms with van der Waals surface area (Å²) in [6.45, 7) is 1.30. The van der Waals surface area contributed by atoms with Gasteiger partial charge in [-0.05, 0) is 30.3 Å². The molecule has 0 fully saturated rings. The van der Waals surface area contributed by atoms with Gasteiger partial charge in [0.05, 0.1) is 0 Å². The number of hydrogen-bond donors (Lipinski definition) is 1. The Bertz CT molecular complexity index is 1050. The normalized spacial score (nSPS) is 17.3. The zero-order valence-corrected chi connectivity index (χ0v) is 15.0. The van der Waals surface area contributed by atoms with Gasteiger partial charge < -0.3 is 24.3 Å². The van der Waals surface area contributed by atoms with Crippen LogP contribution >= 0.6 is 0 Å². The van der Waals surface area contributed by atoms with Gasteiger partial charge in [-0.3, -0.25) is 0 Å². The van der Waals surface area contributed by atoms with E-state index in [4.69, 9.17) is 9.47 Å². The van der Waals surface area contributed by atoms with E-state index in [1.165, 1.54) is 6.07 Å². The molecule has 28 heavy (non-hydrogen) atoms. The van der Waals surface area contributed by atoms with Crippen molar-refractivity contribution in [3.63, 3.8) is 0 Å². The predicted molar refractivity (Wildman–Crippen MR) is 101 cm³/mol. The van der Waals surface area contributed by atoms with Gasteiger partial charge in [0.1, 0.15) is 11.9 Å². The molecule has 0 bridgehead atoms. The fourth-order valence-corrected chi connectivity index (χ4v) is 3.80. The van der Waals surface area contributed by atoms with E-state index in [2.05, 4.69) is 9.88 Å². The molecule has 3 heterocycles. The lowest BCUT2D eigenvalue weighted by Crippen LogP contribution is -2.44. The van der Waals surface area contributed by atoms with Crippen molar-refractivity contribution in [2.75, 3.05) is 18.7 Å². The van der Waals surface area contributed by atoms with Crippen LogP contribution in [0, 0.1) is 5.82 Å². The fourth-order valence-electron chi connectivity index (χ4n) is 3.80. The smallest absolute Gasteiger partial charge is 0.322 e. The second-order valence-corrected chi connectivity index (χ2v) is 6.74. The van der Waals surface area contributed by atoms with Crippen LogP contribution in [0.5, 0.6) is 11.5 Å². The molecular formula is C21H18FN3O3. The maximum absolute atomic E-state index is 14.6. The van der Waals surface area contributed by atoms with Gasteiger partial charge in [0.2, 0.25) is 6.79 Å². The van der Waals surface area contributed by atoms with Crippen molar-refractivity contribution < 1.29 is 18.7 Å². The molecule has 1 N–H and O–H groups in total. The number of anilines is 1. The van der Waals surface area contributed by atoms with Gasteiger partial charge in [0, 0.05) is 42.3 Å². The molecule has 1 aromatic heterocycles. The van der Waals surface area contributed by atoms with Gasteiger partial charge in [0.15, 0.2) is 11.5 Å². The molecule has 3 aromatic rings. The Balaban J connectivity index is 1.47. The van der Waals surface area contributed by atoms with E-state index in [0.29, 0.717) is 35.8 Å². The van der Waals surface area contributed by atoms with Crippen LogP contribution in [-0.4, -0.2) is 28.8 Å². The first-order valence-electron chi connectivity index (χ1n) is 9.07. The summed E-state index contributed by atoms with van der Waals surface area (Å²) in [5, 5.41) is 2.90. The van der Waals surface area contributed by atoms with Crippen molar-refractivity contribution in [2.45, 2.75) is 12.6 Å². The van der Waals surface area contributed by atoms with Crippen molar-refractivity contribution in [3.05, 3.63) is 77.9 Å². The van der Waals surface area contributed by atoms with Gasteiger partial charge in [0.25, 0.3) is 0 Å². The minimum Gasteiger partial charge on any atom is -0.454 e. The Morgan fingerprint density at radius 1 is 1.04 bits per heavy atom. The number of halogens is 1. The molecule has 0 radical (unpaired) electrons. The number of hydrogen-bond acceptors (Lipinski definition) is 3. The summed E-state index contributed by atoms with van der Waals surface area (Å²) in [7, 11) is 0. The summed E-state index contributed by atoms with van der Waals surface area (Å²) in [6, 6.07) is 14.9. The largest absolute Gasteiger partial charge is 0.454 e. The fraction of sp³-hybridized carbons (Fsp3) is 0.190. The summed E-state index contributed by atoms with van der Waals surface area (Å²) < 4.78 is 27.3. The summed E-state index contributed by atoms with van der Waals surface area (Å²) in [6.07, 6.45) is 1.95. The molecule has 2 amide bonds. The van der Waals surface area contributed by atoms with Crippen LogP contribution in [0.1, 0.15) is 17.3 Å². The van der Waals surface area contributed by atoms with Crippen molar-refractivity contribution in [1.29, 1.82) is 0 Å². The van der Waals surface area contributed by atoms with E-state index in [1.54, 1.807) is 41.3 Å². The van der Waals surface area contributed by atoms with Crippen LogP contribution in [0.15, 0.2) is 60.8 Å². The Hall–Kier alpha value is -3.48. The van der Waals surface area contributed by atoms with E-state index in [-0.39, 0.29) is 18.6 Å². The second kappa shape index (κ2) is 6.60. The lowest BCUT2D eigenvalue weighted by molar-refractivity contribution is 0.174. The molecule has 0 unspecified atom stereocenters. The number of carbonyl (C=O) groups is 1. The SMILES string of the molecule is O=C(Nc1ccc2c(c1)OCO2)N1CCn2cccc2[C@H]1c1ccccc1F. The van der Waals surface area contributed by atoms with Crippen molar-refractivity contribution in [3.8, 4) is 11.5 Å². The molecule has 0 aliphatic carbocycles. The first-order chi connectivity index (χ1) is 13.7. The monoisotopic (exact) mass is 379 g/mol. The average Bonchev–Trinajstić information content (AvgIpc) is 3.36. The third-order valence-electron chi connectivity index (χ3n) is 5.12. The van der Waals surface area contributed by atoms with E-state index in [1.807, 2.05) is 18.3 Å². The Morgan fingerprint density at radius 2 is 1.89 bits per heavy atom. The Labute approximate surface area is 161 Å². The lowest BCUT2D eigenvalue weighted by Gasteiger charge is -2.37. The molecule has 2 aliphatic rings. The standard InChI is InChI=1S/C21H18FN3O3/c22-16-5-2-1-4-15(16)20-17-6-3-9-24(17)10-11-25(20)21(26)23-14-7-8-18-19(12-14)28-13-27-18/h1-9,12,20H,10-11,13H2,(H,23,26)/t20-/m1/s1. The molecule has 5 rings (SSSR count). The number of nitrogens with zero attached hydrogens (tertiary/aromatic N) is 2. The quantitative estimate of drug-likeness (QED) is 0.732. The molecule has 0 spiro atoms. The highest BCUT2D eigenvalue weighted by Crippen LogP contribution is 2.36. The molecular weight excluding hydrogens is 361 g/mol. The van der Waals surface area contributed by atoms with Crippen LogP contribution < -0.4 is 14.8 Å². The van der Waals surface area contributed by atoms with Crippen LogP contribution in [0.4, 0.5) is 14.9 Å². The van der Waals surface area contributed by atoms with Gasteiger partial charge in [-0.1, -0.05) is 18.2 Å². The molecule has 0 saturated heterocycles. The van der Waals surface area contributed by atoms with E-state index < -0.39 is 6.04 Å². The first kappa shape index (κ1) is 16.7. The Kier molecular flexibility index (Phi) is 3.93. The highest BCUT2D eigenvalue weighted by Gasteiger charge is 2.34. The van der Waals surface area contributed by atoms with E-state index >= 15 is 0 Å². The van der Waals surface area contributed by atoms with E-state index in [9.17, 15) is 9.18 Å². The molecule has 142 valence electrons. The van der Waals surface area contributed by atoms with Crippen molar-refractivity contribution in [2.24, 2.45) is 0 Å². The van der Waals surface area contributed by atoms with Crippen LogP contribution in [0.3, 0.4) is 0 Å².